The molecule has 0 aliphatic carbocycles. The first kappa shape index (κ1) is 14.7. The fourth-order valence-corrected chi connectivity index (χ4v) is 2.06. The van der Waals surface area contributed by atoms with Crippen LogP contribution in [0, 0.1) is 10.1 Å². The molecule has 2 N–H and O–H groups in total. The minimum absolute atomic E-state index is 0.0539. The number of nitro benzene ring substituents is 1. The van der Waals surface area contributed by atoms with Gasteiger partial charge in [-0.3, -0.25) is 14.9 Å². The summed E-state index contributed by atoms with van der Waals surface area (Å²) in [6.07, 6.45) is 1.51. The second-order valence-corrected chi connectivity index (χ2v) is 4.55. The van der Waals surface area contributed by atoms with Crippen molar-refractivity contribution in [3.63, 3.8) is 0 Å². The molecule has 7 heteroatoms. The zero-order valence-corrected chi connectivity index (χ0v) is 11.8. The van der Waals surface area contributed by atoms with Gasteiger partial charge in [0.15, 0.2) is 0 Å². The van der Waals surface area contributed by atoms with Crippen molar-refractivity contribution in [1.82, 2.24) is 10.3 Å². The van der Waals surface area contributed by atoms with Gasteiger partial charge in [-0.15, -0.1) is 0 Å². The van der Waals surface area contributed by atoms with E-state index in [0.29, 0.717) is 23.1 Å². The SMILES string of the molecule is CCNC(=O)C(C)Nc1ccc([N+](=O)[O-])c2ncccc12. The van der Waals surface area contributed by atoms with Gasteiger partial charge in [0, 0.05) is 29.9 Å². The monoisotopic (exact) mass is 288 g/mol. The fourth-order valence-electron chi connectivity index (χ4n) is 2.06. The maximum absolute atomic E-state index is 11.8. The Hall–Kier alpha value is -2.70. The molecule has 0 aliphatic heterocycles. The molecule has 110 valence electrons. The molecule has 0 saturated heterocycles. The number of pyridine rings is 1. The van der Waals surface area contributed by atoms with Crippen LogP contribution in [0.2, 0.25) is 0 Å². The number of fused-ring (bicyclic) bond motifs is 1. The highest BCUT2D eigenvalue weighted by atomic mass is 16.6. The van der Waals surface area contributed by atoms with Crippen LogP contribution in [0.15, 0.2) is 30.5 Å². The first-order chi connectivity index (χ1) is 10.0. The zero-order chi connectivity index (χ0) is 15.4. The van der Waals surface area contributed by atoms with Gasteiger partial charge in [0.2, 0.25) is 5.91 Å². The zero-order valence-electron chi connectivity index (χ0n) is 11.8. The number of rotatable bonds is 5. The summed E-state index contributed by atoms with van der Waals surface area (Å²) >= 11 is 0. The third kappa shape index (κ3) is 3.07. The number of carbonyl (C=O) groups is 1. The average Bonchev–Trinajstić information content (AvgIpc) is 2.47. The highest BCUT2D eigenvalue weighted by molar-refractivity contribution is 5.98. The lowest BCUT2D eigenvalue weighted by atomic mass is 10.1. The van der Waals surface area contributed by atoms with Gasteiger partial charge in [-0.25, -0.2) is 4.98 Å². The Labute approximate surface area is 121 Å². The number of hydrogen-bond acceptors (Lipinski definition) is 5. The van der Waals surface area contributed by atoms with E-state index in [-0.39, 0.29) is 11.6 Å². The Kier molecular flexibility index (Phi) is 4.32. The van der Waals surface area contributed by atoms with Crippen molar-refractivity contribution in [2.75, 3.05) is 11.9 Å². The van der Waals surface area contributed by atoms with Crippen molar-refractivity contribution >= 4 is 28.2 Å². The summed E-state index contributed by atoms with van der Waals surface area (Å²) in [5.74, 6) is -0.132. The fraction of sp³-hybridized carbons (Fsp3) is 0.286. The van der Waals surface area contributed by atoms with Crippen LogP contribution >= 0.6 is 0 Å². The van der Waals surface area contributed by atoms with E-state index in [1.807, 2.05) is 6.92 Å². The van der Waals surface area contributed by atoms with Gasteiger partial charge < -0.3 is 10.6 Å². The molecule has 0 radical (unpaired) electrons. The average molecular weight is 288 g/mol. The van der Waals surface area contributed by atoms with Crippen molar-refractivity contribution in [2.45, 2.75) is 19.9 Å². The molecular formula is C14H16N4O3. The molecule has 0 spiro atoms. The van der Waals surface area contributed by atoms with Crippen LogP contribution in [0.3, 0.4) is 0 Å². The molecule has 0 fully saturated rings. The van der Waals surface area contributed by atoms with Crippen molar-refractivity contribution in [3.05, 3.63) is 40.6 Å². The summed E-state index contributed by atoms with van der Waals surface area (Å²) in [5, 5.41) is 17.4. The standard InChI is InChI=1S/C14H16N4O3/c1-3-15-14(19)9(2)17-11-6-7-12(18(20)21)13-10(11)5-4-8-16-13/h4-9,17H,3H2,1-2H3,(H,15,19). The van der Waals surface area contributed by atoms with E-state index >= 15 is 0 Å². The number of non-ortho nitro benzene ring substituents is 1. The van der Waals surface area contributed by atoms with Crippen molar-refractivity contribution in [1.29, 1.82) is 0 Å². The maximum atomic E-state index is 11.8. The normalized spacial score (nSPS) is 11.9. The topological polar surface area (TPSA) is 97.2 Å². The van der Waals surface area contributed by atoms with E-state index in [1.165, 1.54) is 12.3 Å². The number of hydrogen-bond donors (Lipinski definition) is 2. The van der Waals surface area contributed by atoms with Gasteiger partial charge in [0.05, 0.1) is 4.92 Å². The molecule has 21 heavy (non-hydrogen) atoms. The number of anilines is 1. The maximum Gasteiger partial charge on any atom is 0.295 e. The van der Waals surface area contributed by atoms with Crippen LogP contribution in [0.4, 0.5) is 11.4 Å². The van der Waals surface area contributed by atoms with E-state index in [9.17, 15) is 14.9 Å². The minimum Gasteiger partial charge on any atom is -0.373 e. The number of amides is 1. The van der Waals surface area contributed by atoms with Gasteiger partial charge in [-0.05, 0) is 32.0 Å². The summed E-state index contributed by atoms with van der Waals surface area (Å²) < 4.78 is 0. The second kappa shape index (κ2) is 6.17. The summed E-state index contributed by atoms with van der Waals surface area (Å²) in [5.41, 5.74) is 0.889. The van der Waals surface area contributed by atoms with E-state index < -0.39 is 11.0 Å². The van der Waals surface area contributed by atoms with Crippen LogP contribution in [-0.4, -0.2) is 28.4 Å². The number of nitro groups is 1. The predicted molar refractivity (Wildman–Crippen MR) is 80.2 cm³/mol. The Morgan fingerprint density at radius 2 is 2.19 bits per heavy atom. The number of carbonyl (C=O) groups excluding carboxylic acids is 1. The highest BCUT2D eigenvalue weighted by Crippen LogP contribution is 2.29. The Balaban J connectivity index is 2.40. The molecule has 2 rings (SSSR count). The lowest BCUT2D eigenvalue weighted by Crippen LogP contribution is -2.37. The number of aromatic nitrogens is 1. The lowest BCUT2D eigenvalue weighted by Gasteiger charge is -2.16. The largest absolute Gasteiger partial charge is 0.373 e. The van der Waals surface area contributed by atoms with Gasteiger partial charge in [0.1, 0.15) is 11.6 Å². The van der Waals surface area contributed by atoms with Crippen molar-refractivity contribution < 1.29 is 9.72 Å². The number of benzene rings is 1. The number of nitrogens with one attached hydrogen (secondary N) is 2. The first-order valence-electron chi connectivity index (χ1n) is 6.61. The molecule has 0 saturated carbocycles. The second-order valence-electron chi connectivity index (χ2n) is 4.55. The summed E-state index contributed by atoms with van der Waals surface area (Å²) in [6.45, 7) is 4.12. The quantitative estimate of drug-likeness (QED) is 0.648. The van der Waals surface area contributed by atoms with E-state index in [2.05, 4.69) is 15.6 Å². The number of nitrogens with zero attached hydrogens (tertiary/aromatic N) is 2. The van der Waals surface area contributed by atoms with Crippen LogP contribution < -0.4 is 10.6 Å². The molecule has 1 aromatic carbocycles. The van der Waals surface area contributed by atoms with E-state index in [4.69, 9.17) is 0 Å². The summed E-state index contributed by atoms with van der Waals surface area (Å²) in [4.78, 5) is 26.4. The third-order valence-corrected chi connectivity index (χ3v) is 3.06. The van der Waals surface area contributed by atoms with Crippen LogP contribution in [0.25, 0.3) is 10.9 Å². The Bertz CT molecular complexity index is 687. The molecule has 1 unspecified atom stereocenters. The highest BCUT2D eigenvalue weighted by Gasteiger charge is 2.18. The molecule has 1 atom stereocenters. The molecule has 7 nitrogen and oxygen atoms in total. The molecule has 0 bridgehead atoms. The van der Waals surface area contributed by atoms with Gasteiger partial charge >= 0.3 is 0 Å². The van der Waals surface area contributed by atoms with Crippen molar-refractivity contribution in [3.8, 4) is 0 Å². The number of likely N-dealkylation sites (N-methyl/N-ethyl adjacent to an activating group) is 1. The van der Waals surface area contributed by atoms with Gasteiger partial charge in [0.25, 0.3) is 5.69 Å². The smallest absolute Gasteiger partial charge is 0.295 e. The van der Waals surface area contributed by atoms with Crippen molar-refractivity contribution in [2.24, 2.45) is 0 Å². The Morgan fingerprint density at radius 3 is 2.86 bits per heavy atom. The molecule has 1 amide bonds. The van der Waals surface area contributed by atoms with Gasteiger partial charge in [-0.2, -0.15) is 0 Å². The predicted octanol–water partition coefficient (Wildman–Crippen LogP) is 2.08. The van der Waals surface area contributed by atoms with E-state index in [0.717, 1.165) is 0 Å². The summed E-state index contributed by atoms with van der Waals surface area (Å²) in [6, 6.07) is 5.98. The molecular weight excluding hydrogens is 272 g/mol. The van der Waals surface area contributed by atoms with Crippen LogP contribution in [0.5, 0.6) is 0 Å². The summed E-state index contributed by atoms with van der Waals surface area (Å²) in [7, 11) is 0. The minimum atomic E-state index is -0.466. The molecule has 0 aliphatic rings. The van der Waals surface area contributed by atoms with E-state index in [1.54, 1.807) is 25.1 Å². The molecule has 1 heterocycles. The van der Waals surface area contributed by atoms with Crippen LogP contribution in [0.1, 0.15) is 13.8 Å². The third-order valence-electron chi connectivity index (χ3n) is 3.06. The van der Waals surface area contributed by atoms with Crippen LogP contribution in [-0.2, 0) is 4.79 Å². The van der Waals surface area contributed by atoms with Gasteiger partial charge in [-0.1, -0.05) is 0 Å². The first-order valence-corrected chi connectivity index (χ1v) is 6.61. The lowest BCUT2D eigenvalue weighted by molar-refractivity contribution is -0.383. The Morgan fingerprint density at radius 1 is 1.43 bits per heavy atom. The molecule has 2 aromatic rings. The molecule has 1 aromatic heterocycles.